The second-order valence-electron chi connectivity index (χ2n) is 10.7. The molecule has 1 heterocycles. The zero-order valence-electron chi connectivity index (χ0n) is 18.8. The Labute approximate surface area is 183 Å². The largest absolute Gasteiger partial charge is 0.450 e. The van der Waals surface area contributed by atoms with Crippen molar-refractivity contribution in [1.29, 1.82) is 0 Å². The van der Waals surface area contributed by atoms with Gasteiger partial charge in [0.15, 0.2) is 11.4 Å². The molecule has 31 heavy (non-hydrogen) atoms. The lowest BCUT2D eigenvalue weighted by molar-refractivity contribution is -0.193. The maximum absolute atomic E-state index is 13.2. The standard InChI is InChI=1S/C25H32O6/c1-5-21(29)31-24(19(28)13-26)14(2)10-18-17-7-6-15-11-16(27)8-9-22(15,3)25(17)20(30-25)12-23(18,24)4/h8-9,11,14,17-18,20,26H,5-7,10,12-13H2,1-4H3/t14-,17-,18-,20-,22-,23-,24-,25+/m0/s1. The Bertz CT molecular complexity index is 934. The monoisotopic (exact) mass is 428 g/mol. The van der Waals surface area contributed by atoms with Crippen molar-refractivity contribution in [3.63, 3.8) is 0 Å². The molecule has 4 fully saturated rings. The summed E-state index contributed by atoms with van der Waals surface area (Å²) in [6.07, 6.45) is 8.65. The summed E-state index contributed by atoms with van der Waals surface area (Å²) in [5, 5.41) is 9.88. The number of carbonyl (C=O) groups excluding carboxylic acids is 3. The van der Waals surface area contributed by atoms with Crippen LogP contribution in [0.5, 0.6) is 0 Å². The van der Waals surface area contributed by atoms with E-state index in [9.17, 15) is 19.5 Å². The highest BCUT2D eigenvalue weighted by atomic mass is 16.6. The molecule has 6 heteroatoms. The lowest BCUT2D eigenvalue weighted by atomic mass is 9.46. The average Bonchev–Trinajstić information content (AvgIpc) is 3.41. The number of ketones is 2. The molecule has 0 aromatic carbocycles. The number of hydrogen-bond acceptors (Lipinski definition) is 6. The van der Waals surface area contributed by atoms with Gasteiger partial charge < -0.3 is 14.6 Å². The van der Waals surface area contributed by atoms with Crippen LogP contribution in [-0.4, -0.2) is 46.6 Å². The molecule has 1 N–H and O–H groups in total. The Morgan fingerprint density at radius 3 is 2.71 bits per heavy atom. The number of aliphatic hydroxyl groups is 1. The van der Waals surface area contributed by atoms with Crippen LogP contribution in [0.4, 0.5) is 0 Å². The Morgan fingerprint density at radius 1 is 1.29 bits per heavy atom. The molecular weight excluding hydrogens is 396 g/mol. The average molecular weight is 429 g/mol. The van der Waals surface area contributed by atoms with Crippen LogP contribution >= 0.6 is 0 Å². The number of Topliss-reactive ketones (excluding diaryl/α,β-unsaturated/α-hetero) is 1. The van der Waals surface area contributed by atoms with Gasteiger partial charge in [-0.25, -0.2) is 0 Å². The highest BCUT2D eigenvalue weighted by molar-refractivity contribution is 6.01. The smallest absolute Gasteiger partial charge is 0.306 e. The Hall–Kier alpha value is -1.79. The van der Waals surface area contributed by atoms with Crippen molar-refractivity contribution in [2.24, 2.45) is 28.6 Å². The van der Waals surface area contributed by atoms with Crippen LogP contribution < -0.4 is 0 Å². The molecule has 4 aliphatic carbocycles. The Morgan fingerprint density at radius 2 is 2.03 bits per heavy atom. The van der Waals surface area contributed by atoms with Crippen molar-refractivity contribution in [2.75, 3.05) is 6.61 Å². The van der Waals surface area contributed by atoms with Gasteiger partial charge in [0.25, 0.3) is 0 Å². The van der Waals surface area contributed by atoms with E-state index in [0.717, 1.165) is 24.8 Å². The van der Waals surface area contributed by atoms with Gasteiger partial charge in [-0.2, -0.15) is 0 Å². The fourth-order valence-corrected chi connectivity index (χ4v) is 8.21. The SMILES string of the molecule is CCC(=O)O[C@]1(C(=O)CO)[C@@H](C)C[C@H]2[C@@H]3CCC4=CC(=O)C=C[C@]4(C)[C@@]34O[C@H]4C[C@@]21C. The van der Waals surface area contributed by atoms with E-state index < -0.39 is 29.4 Å². The molecule has 5 rings (SSSR count). The molecule has 168 valence electrons. The number of ether oxygens (including phenoxy) is 2. The summed E-state index contributed by atoms with van der Waals surface area (Å²) < 4.78 is 12.5. The van der Waals surface area contributed by atoms with Crippen molar-refractivity contribution in [3.8, 4) is 0 Å². The third-order valence-electron chi connectivity index (χ3n) is 9.59. The summed E-state index contributed by atoms with van der Waals surface area (Å²) in [5.74, 6) is -0.614. The van der Waals surface area contributed by atoms with Crippen molar-refractivity contribution in [2.45, 2.75) is 77.1 Å². The van der Waals surface area contributed by atoms with Crippen LogP contribution in [0.2, 0.25) is 0 Å². The predicted octanol–water partition coefficient (Wildman–Crippen LogP) is 2.93. The molecule has 1 aliphatic heterocycles. The number of allylic oxidation sites excluding steroid dienone is 2. The lowest BCUT2D eigenvalue weighted by Gasteiger charge is -2.56. The third kappa shape index (κ3) is 2.28. The van der Waals surface area contributed by atoms with Crippen LogP contribution in [-0.2, 0) is 23.9 Å². The number of hydrogen-bond donors (Lipinski definition) is 1. The molecule has 5 aliphatic rings. The molecule has 0 aromatic rings. The molecule has 3 saturated carbocycles. The zero-order valence-corrected chi connectivity index (χ0v) is 18.8. The topological polar surface area (TPSA) is 93.2 Å². The van der Waals surface area contributed by atoms with Gasteiger partial charge in [-0.15, -0.1) is 0 Å². The van der Waals surface area contributed by atoms with Crippen LogP contribution in [0, 0.1) is 28.6 Å². The molecule has 0 unspecified atom stereocenters. The molecule has 0 radical (unpaired) electrons. The van der Waals surface area contributed by atoms with Gasteiger partial charge in [0.1, 0.15) is 12.2 Å². The van der Waals surface area contributed by atoms with E-state index in [2.05, 4.69) is 13.8 Å². The first-order chi connectivity index (χ1) is 14.6. The van der Waals surface area contributed by atoms with E-state index >= 15 is 0 Å². The number of fused-ring (bicyclic) bond motifs is 3. The zero-order chi connectivity index (χ0) is 22.4. The van der Waals surface area contributed by atoms with E-state index in [1.807, 2.05) is 13.0 Å². The molecule has 0 amide bonds. The van der Waals surface area contributed by atoms with Crippen molar-refractivity contribution >= 4 is 17.5 Å². The van der Waals surface area contributed by atoms with Crippen LogP contribution in [0.3, 0.4) is 0 Å². The van der Waals surface area contributed by atoms with E-state index in [-0.39, 0.29) is 47.1 Å². The molecular formula is C25H32O6. The fraction of sp³-hybridized carbons (Fsp3) is 0.720. The van der Waals surface area contributed by atoms with Crippen LogP contribution in [0.25, 0.3) is 0 Å². The highest BCUT2D eigenvalue weighted by Gasteiger charge is 2.82. The minimum Gasteiger partial charge on any atom is -0.450 e. The Kier molecular flexibility index (Phi) is 4.34. The summed E-state index contributed by atoms with van der Waals surface area (Å²) >= 11 is 0. The number of carbonyl (C=O) groups is 3. The number of rotatable bonds is 4. The van der Waals surface area contributed by atoms with Gasteiger partial charge in [-0.05, 0) is 56.6 Å². The van der Waals surface area contributed by atoms with E-state index in [1.165, 1.54) is 0 Å². The summed E-state index contributed by atoms with van der Waals surface area (Å²) in [6.45, 7) is 7.31. The second-order valence-corrected chi connectivity index (χ2v) is 10.7. The van der Waals surface area contributed by atoms with Gasteiger partial charge in [0, 0.05) is 23.2 Å². The number of epoxide rings is 1. The highest BCUT2D eigenvalue weighted by Crippen LogP contribution is 2.76. The molecule has 1 saturated heterocycles. The molecule has 8 atom stereocenters. The molecule has 0 bridgehead atoms. The predicted molar refractivity (Wildman–Crippen MR) is 112 cm³/mol. The van der Waals surface area contributed by atoms with Gasteiger partial charge in [0.05, 0.1) is 6.10 Å². The van der Waals surface area contributed by atoms with Crippen molar-refractivity contribution < 1.29 is 29.0 Å². The first kappa shape index (κ1) is 21.1. The third-order valence-corrected chi connectivity index (χ3v) is 9.59. The maximum Gasteiger partial charge on any atom is 0.306 e. The first-order valence-electron chi connectivity index (χ1n) is 11.6. The summed E-state index contributed by atoms with van der Waals surface area (Å²) in [7, 11) is 0. The minimum atomic E-state index is -1.33. The van der Waals surface area contributed by atoms with Gasteiger partial charge in [-0.3, -0.25) is 14.4 Å². The second kappa shape index (κ2) is 6.38. The minimum absolute atomic E-state index is 0.0358. The number of aliphatic hydroxyl groups excluding tert-OH is 1. The quantitative estimate of drug-likeness (QED) is 0.547. The van der Waals surface area contributed by atoms with Gasteiger partial charge >= 0.3 is 5.97 Å². The molecule has 0 aromatic heterocycles. The van der Waals surface area contributed by atoms with Crippen LogP contribution in [0.15, 0.2) is 23.8 Å². The molecule has 1 spiro atoms. The van der Waals surface area contributed by atoms with E-state index in [0.29, 0.717) is 6.42 Å². The summed E-state index contributed by atoms with van der Waals surface area (Å²) in [6, 6.07) is 0. The normalized spacial score (nSPS) is 49.3. The summed E-state index contributed by atoms with van der Waals surface area (Å²) in [5.41, 5.74) is -1.48. The van der Waals surface area contributed by atoms with Gasteiger partial charge in [0.2, 0.25) is 5.78 Å². The maximum atomic E-state index is 13.2. The number of esters is 1. The summed E-state index contributed by atoms with van der Waals surface area (Å²) in [4.78, 5) is 37.7. The first-order valence-corrected chi connectivity index (χ1v) is 11.6. The van der Waals surface area contributed by atoms with E-state index in [1.54, 1.807) is 19.1 Å². The van der Waals surface area contributed by atoms with Crippen LogP contribution in [0.1, 0.15) is 59.8 Å². The van der Waals surface area contributed by atoms with E-state index in [4.69, 9.17) is 9.47 Å². The van der Waals surface area contributed by atoms with Crippen molar-refractivity contribution in [1.82, 2.24) is 0 Å². The van der Waals surface area contributed by atoms with Gasteiger partial charge in [-0.1, -0.05) is 32.4 Å². The van der Waals surface area contributed by atoms with Crippen molar-refractivity contribution in [3.05, 3.63) is 23.8 Å². The molecule has 6 nitrogen and oxygen atoms in total. The fourth-order valence-electron chi connectivity index (χ4n) is 8.21. The Balaban J connectivity index is 1.60. The lowest BCUT2D eigenvalue weighted by Crippen LogP contribution is -2.63.